The number of anilines is 1. The average Bonchev–Trinajstić information content (AvgIpc) is 3.58. The number of aromatic carboxylic acids is 1. The summed E-state index contributed by atoms with van der Waals surface area (Å²) in [4.78, 5) is 44.8. The first-order valence-electron chi connectivity index (χ1n) is 9.90. The number of carbonyl (C=O) groups is 3. The van der Waals surface area contributed by atoms with E-state index in [4.69, 9.17) is 10.2 Å². The van der Waals surface area contributed by atoms with Crippen LogP contribution in [-0.2, 0) is 9.59 Å². The molecular formula is C21H22FN3O7. The molecule has 1 saturated heterocycles. The Bertz CT molecular complexity index is 1130. The fourth-order valence-electron chi connectivity index (χ4n) is 3.46. The number of piperazine rings is 1. The molecule has 1 aliphatic heterocycles. The molecule has 1 aromatic carbocycles. The zero-order chi connectivity index (χ0) is 23.4. The predicted octanol–water partition coefficient (Wildman–Crippen LogP) is 1.30. The zero-order valence-corrected chi connectivity index (χ0v) is 17.0. The number of nitrogens with zero attached hydrogens (tertiary/aromatic N) is 2. The van der Waals surface area contributed by atoms with E-state index in [1.54, 1.807) is 6.07 Å². The average molecular weight is 447 g/mol. The molecule has 10 nitrogen and oxygen atoms in total. The maximum atomic E-state index is 14.6. The van der Waals surface area contributed by atoms with Crippen molar-refractivity contribution in [1.29, 1.82) is 0 Å². The highest BCUT2D eigenvalue weighted by atomic mass is 19.1. The van der Waals surface area contributed by atoms with E-state index in [0.717, 1.165) is 25.9 Å². The molecule has 11 heteroatoms. The number of hydrogen-bond acceptors (Lipinski definition) is 6. The number of pyridine rings is 1. The predicted molar refractivity (Wildman–Crippen MR) is 113 cm³/mol. The summed E-state index contributed by atoms with van der Waals surface area (Å²) in [5, 5.41) is 28.2. The van der Waals surface area contributed by atoms with Crippen LogP contribution in [0.3, 0.4) is 0 Å². The highest BCUT2D eigenvalue weighted by Gasteiger charge is 2.28. The molecule has 0 spiro atoms. The van der Waals surface area contributed by atoms with Gasteiger partial charge in [0.25, 0.3) is 0 Å². The lowest BCUT2D eigenvalue weighted by Gasteiger charge is -2.30. The third-order valence-corrected chi connectivity index (χ3v) is 5.10. The Kier molecular flexibility index (Phi) is 6.89. The van der Waals surface area contributed by atoms with Crippen molar-refractivity contribution in [3.05, 3.63) is 52.1 Å². The number of aliphatic carboxylic acids is 2. The summed E-state index contributed by atoms with van der Waals surface area (Å²) in [6, 6.07) is 3.08. The Labute approximate surface area is 181 Å². The molecule has 1 aromatic heterocycles. The first kappa shape index (κ1) is 22.9. The van der Waals surface area contributed by atoms with Crippen LogP contribution in [0.15, 0.2) is 35.3 Å². The van der Waals surface area contributed by atoms with Crippen molar-refractivity contribution < 1.29 is 34.1 Å². The van der Waals surface area contributed by atoms with Gasteiger partial charge >= 0.3 is 17.9 Å². The number of carboxylic acids is 3. The van der Waals surface area contributed by atoms with E-state index in [0.29, 0.717) is 36.4 Å². The molecule has 0 unspecified atom stereocenters. The number of benzene rings is 1. The smallest absolute Gasteiger partial charge is 0.341 e. The summed E-state index contributed by atoms with van der Waals surface area (Å²) in [6.45, 7) is 2.96. The van der Waals surface area contributed by atoms with Crippen LogP contribution in [0.4, 0.5) is 10.1 Å². The van der Waals surface area contributed by atoms with E-state index in [-0.39, 0.29) is 17.0 Å². The van der Waals surface area contributed by atoms with E-state index >= 15 is 0 Å². The molecule has 0 radical (unpaired) electrons. The van der Waals surface area contributed by atoms with Gasteiger partial charge in [-0.05, 0) is 25.0 Å². The topological polar surface area (TPSA) is 149 Å². The Morgan fingerprint density at radius 3 is 2.12 bits per heavy atom. The van der Waals surface area contributed by atoms with Gasteiger partial charge in [-0.15, -0.1) is 0 Å². The number of fused-ring (bicyclic) bond motifs is 1. The number of halogens is 1. The summed E-state index contributed by atoms with van der Waals surface area (Å²) < 4.78 is 16.4. The van der Waals surface area contributed by atoms with E-state index in [1.165, 1.54) is 12.3 Å². The number of hydrogen-bond donors (Lipinski definition) is 4. The second-order valence-electron chi connectivity index (χ2n) is 7.38. The van der Waals surface area contributed by atoms with E-state index in [1.807, 2.05) is 9.47 Å². The van der Waals surface area contributed by atoms with Crippen molar-refractivity contribution in [3.63, 3.8) is 0 Å². The van der Waals surface area contributed by atoms with Crippen LogP contribution in [0.2, 0.25) is 0 Å². The van der Waals surface area contributed by atoms with Gasteiger partial charge in [0.1, 0.15) is 11.4 Å². The SMILES string of the molecule is O=C(O)/C=C/C(=O)O.O=C(O)c1cn(C2CC2)c2cc(N3CCNCC3)c(F)cc2c1=O. The second kappa shape index (κ2) is 9.60. The van der Waals surface area contributed by atoms with Gasteiger partial charge in [0.2, 0.25) is 5.43 Å². The molecule has 2 heterocycles. The van der Waals surface area contributed by atoms with Gasteiger partial charge in [0.15, 0.2) is 0 Å². The zero-order valence-electron chi connectivity index (χ0n) is 17.0. The lowest BCUT2D eigenvalue weighted by molar-refractivity contribution is -0.134. The first-order chi connectivity index (χ1) is 15.2. The molecular weight excluding hydrogens is 425 g/mol. The fourth-order valence-corrected chi connectivity index (χ4v) is 3.46. The molecule has 4 rings (SSSR count). The van der Waals surface area contributed by atoms with Gasteiger partial charge in [-0.25, -0.2) is 18.8 Å². The molecule has 2 aromatic rings. The van der Waals surface area contributed by atoms with E-state index < -0.39 is 29.2 Å². The van der Waals surface area contributed by atoms with Gasteiger partial charge in [-0.1, -0.05) is 0 Å². The number of rotatable bonds is 5. The Hall–Kier alpha value is -3.73. The van der Waals surface area contributed by atoms with Crippen LogP contribution < -0.4 is 15.6 Å². The minimum atomic E-state index is -1.28. The van der Waals surface area contributed by atoms with Gasteiger partial charge in [0, 0.05) is 56.0 Å². The Balaban J connectivity index is 0.000000312. The monoisotopic (exact) mass is 447 g/mol. The summed E-state index contributed by atoms with van der Waals surface area (Å²) in [6.07, 6.45) is 4.41. The molecule has 0 atom stereocenters. The fraction of sp³-hybridized carbons (Fsp3) is 0.333. The largest absolute Gasteiger partial charge is 0.478 e. The molecule has 2 aliphatic rings. The molecule has 0 amide bonds. The van der Waals surface area contributed by atoms with Gasteiger partial charge in [0.05, 0.1) is 11.2 Å². The summed E-state index contributed by atoms with van der Waals surface area (Å²) in [7, 11) is 0. The number of carboxylic acid groups (broad SMARTS) is 3. The maximum absolute atomic E-state index is 14.6. The number of nitrogens with one attached hydrogen (secondary N) is 1. The van der Waals surface area contributed by atoms with Gasteiger partial charge in [-0.2, -0.15) is 0 Å². The minimum Gasteiger partial charge on any atom is -0.478 e. The lowest BCUT2D eigenvalue weighted by Crippen LogP contribution is -2.43. The quantitative estimate of drug-likeness (QED) is 0.498. The van der Waals surface area contributed by atoms with Crippen LogP contribution in [0.25, 0.3) is 10.9 Å². The molecule has 4 N–H and O–H groups in total. The van der Waals surface area contributed by atoms with E-state index in [2.05, 4.69) is 5.32 Å². The third kappa shape index (κ3) is 5.30. The highest BCUT2D eigenvalue weighted by molar-refractivity contribution is 5.93. The summed E-state index contributed by atoms with van der Waals surface area (Å²) in [5.74, 6) is -4.27. The molecule has 1 aliphatic carbocycles. The Morgan fingerprint density at radius 2 is 1.62 bits per heavy atom. The normalized spacial score (nSPS) is 16.0. The van der Waals surface area contributed by atoms with Crippen molar-refractivity contribution >= 4 is 34.5 Å². The van der Waals surface area contributed by atoms with E-state index in [9.17, 15) is 28.7 Å². The minimum absolute atomic E-state index is 0.137. The van der Waals surface area contributed by atoms with Crippen molar-refractivity contribution in [3.8, 4) is 0 Å². The number of aromatic nitrogens is 1. The van der Waals surface area contributed by atoms with Crippen LogP contribution in [-0.4, -0.2) is 64.0 Å². The summed E-state index contributed by atoms with van der Waals surface area (Å²) >= 11 is 0. The van der Waals surface area contributed by atoms with Crippen LogP contribution in [0.1, 0.15) is 29.2 Å². The first-order valence-corrected chi connectivity index (χ1v) is 9.90. The van der Waals surface area contributed by atoms with Gasteiger partial charge in [-0.3, -0.25) is 4.79 Å². The molecule has 2 fully saturated rings. The highest BCUT2D eigenvalue weighted by Crippen LogP contribution is 2.38. The summed E-state index contributed by atoms with van der Waals surface area (Å²) in [5.41, 5.74) is 0.159. The molecule has 32 heavy (non-hydrogen) atoms. The molecule has 170 valence electrons. The standard InChI is InChI=1S/C17H18FN3O3.C4H4O4/c18-13-7-11-14(8-15(13)20-5-3-19-4-6-20)21(10-1-2-10)9-12(16(11)22)17(23)24;5-3(6)1-2-4(7)8/h7-10,19H,1-6H2,(H,23,24);1-2H,(H,5,6)(H,7,8)/b;2-1+. The maximum Gasteiger partial charge on any atom is 0.341 e. The van der Waals surface area contributed by atoms with Crippen LogP contribution >= 0.6 is 0 Å². The van der Waals surface area contributed by atoms with Crippen molar-refractivity contribution in [2.75, 3.05) is 31.1 Å². The second-order valence-corrected chi connectivity index (χ2v) is 7.38. The van der Waals surface area contributed by atoms with Crippen LogP contribution in [0, 0.1) is 5.82 Å². The third-order valence-electron chi connectivity index (χ3n) is 5.10. The van der Waals surface area contributed by atoms with Crippen molar-refractivity contribution in [2.24, 2.45) is 0 Å². The van der Waals surface area contributed by atoms with Gasteiger partial charge < -0.3 is 30.1 Å². The molecule has 0 bridgehead atoms. The lowest BCUT2D eigenvalue weighted by atomic mass is 10.1. The van der Waals surface area contributed by atoms with Crippen molar-refractivity contribution in [1.82, 2.24) is 9.88 Å². The Morgan fingerprint density at radius 1 is 1.03 bits per heavy atom. The van der Waals surface area contributed by atoms with Crippen molar-refractivity contribution in [2.45, 2.75) is 18.9 Å². The molecule has 1 saturated carbocycles. The van der Waals surface area contributed by atoms with Crippen LogP contribution in [0.5, 0.6) is 0 Å².